The largest absolute Gasteiger partial charge is 0.316 e. The van der Waals surface area contributed by atoms with E-state index >= 15 is 0 Å². The predicted octanol–water partition coefficient (Wildman–Crippen LogP) is 0.560. The van der Waals surface area contributed by atoms with Crippen LogP contribution in [0.25, 0.3) is 0 Å². The van der Waals surface area contributed by atoms with Gasteiger partial charge in [-0.25, -0.2) is 4.31 Å². The Morgan fingerprint density at radius 3 is 2.80 bits per heavy atom. The van der Waals surface area contributed by atoms with Gasteiger partial charge in [0.2, 0.25) is 0 Å². The van der Waals surface area contributed by atoms with E-state index in [1.54, 1.807) is 0 Å². The highest BCUT2D eigenvalue weighted by Gasteiger charge is 2.44. The minimum atomic E-state index is 0.684. The maximum Gasteiger partial charge on any atom is 0.0171 e. The molecule has 0 atom stereocenters. The third kappa shape index (κ3) is 0.966. The van der Waals surface area contributed by atoms with E-state index in [2.05, 4.69) is 15.9 Å². The van der Waals surface area contributed by atoms with Crippen LogP contribution in [0.5, 0.6) is 0 Å². The molecule has 2 fully saturated rings. The quantitative estimate of drug-likeness (QED) is 0.561. The maximum absolute atomic E-state index is 3.42. The lowest BCUT2D eigenvalue weighted by Crippen LogP contribution is -2.53. The van der Waals surface area contributed by atoms with Crippen molar-refractivity contribution in [1.29, 1.82) is 0 Å². The number of nitrogens with zero attached hydrogens (tertiary/aromatic N) is 1. The van der Waals surface area contributed by atoms with Gasteiger partial charge in [-0.05, 0) is 19.2 Å². The average molecular weight is 158 g/mol. The van der Waals surface area contributed by atoms with Crippen molar-refractivity contribution in [3.63, 3.8) is 0 Å². The molecule has 2 nitrogen and oxygen atoms in total. The van der Waals surface area contributed by atoms with Gasteiger partial charge in [-0.3, -0.25) is 0 Å². The number of nitrogens with one attached hydrogen (secondary N) is 1. The molecule has 10 heavy (non-hydrogen) atoms. The summed E-state index contributed by atoms with van der Waals surface area (Å²) < 4.78 is 2.44. The first-order valence-corrected chi connectivity index (χ1v) is 5.03. The number of hydrogen-bond acceptors (Lipinski definition) is 3. The molecule has 0 amide bonds. The summed E-state index contributed by atoms with van der Waals surface area (Å²) in [6, 6.07) is 0. The highest BCUT2D eigenvalue weighted by Crippen LogP contribution is 2.38. The van der Waals surface area contributed by atoms with Crippen LogP contribution in [0.1, 0.15) is 6.42 Å². The van der Waals surface area contributed by atoms with Crippen molar-refractivity contribution >= 4 is 11.9 Å². The molecular formula is C7H14N2S. The van der Waals surface area contributed by atoms with Gasteiger partial charge in [0.25, 0.3) is 0 Å². The minimum Gasteiger partial charge on any atom is -0.316 e. The molecule has 0 unspecified atom stereocenters. The van der Waals surface area contributed by atoms with E-state index in [1.807, 2.05) is 11.9 Å². The van der Waals surface area contributed by atoms with Gasteiger partial charge >= 0.3 is 0 Å². The topological polar surface area (TPSA) is 15.3 Å². The fourth-order valence-corrected chi connectivity index (χ4v) is 2.70. The van der Waals surface area contributed by atoms with Gasteiger partial charge in [-0.2, -0.15) is 0 Å². The number of hydrogen-bond donors (Lipinski definition) is 1. The van der Waals surface area contributed by atoms with Gasteiger partial charge < -0.3 is 5.32 Å². The molecule has 0 aromatic rings. The second kappa shape index (κ2) is 2.40. The summed E-state index contributed by atoms with van der Waals surface area (Å²) in [5, 5.41) is 3.42. The van der Waals surface area contributed by atoms with Crippen LogP contribution in [0.4, 0.5) is 0 Å². The van der Waals surface area contributed by atoms with Crippen molar-refractivity contribution in [1.82, 2.24) is 9.62 Å². The normalized spacial score (nSPS) is 30.9. The van der Waals surface area contributed by atoms with Crippen LogP contribution in [0.15, 0.2) is 0 Å². The lowest BCUT2D eigenvalue weighted by molar-refractivity contribution is 0.103. The Kier molecular flexibility index (Phi) is 1.66. The number of rotatable bonds is 1. The second-order valence-corrected chi connectivity index (χ2v) is 4.29. The standard InChI is InChI=1S/C7H14N2S/c1-10-9-5-7(6-9)2-3-8-4-7/h8H,2-6H2,1H3. The highest BCUT2D eigenvalue weighted by molar-refractivity contribution is 7.96. The Balaban J connectivity index is 1.86. The van der Waals surface area contributed by atoms with Crippen molar-refractivity contribution in [3.8, 4) is 0 Å². The molecule has 2 saturated heterocycles. The molecule has 0 radical (unpaired) electrons. The van der Waals surface area contributed by atoms with Gasteiger partial charge in [-0.15, -0.1) is 0 Å². The molecule has 0 aromatic heterocycles. The van der Waals surface area contributed by atoms with E-state index < -0.39 is 0 Å². The SMILES string of the molecule is CSN1CC2(CCNC2)C1. The second-order valence-electron chi connectivity index (χ2n) is 3.41. The smallest absolute Gasteiger partial charge is 0.0171 e. The maximum atomic E-state index is 3.42. The van der Waals surface area contributed by atoms with Crippen LogP contribution in [0.2, 0.25) is 0 Å². The molecule has 3 heteroatoms. The highest BCUT2D eigenvalue weighted by atomic mass is 32.2. The third-order valence-electron chi connectivity index (χ3n) is 2.61. The van der Waals surface area contributed by atoms with E-state index in [0.29, 0.717) is 5.41 Å². The van der Waals surface area contributed by atoms with Crippen molar-refractivity contribution in [3.05, 3.63) is 0 Å². The van der Waals surface area contributed by atoms with E-state index in [-0.39, 0.29) is 0 Å². The van der Waals surface area contributed by atoms with Crippen molar-refractivity contribution in [2.24, 2.45) is 5.41 Å². The van der Waals surface area contributed by atoms with Crippen LogP contribution in [0, 0.1) is 5.41 Å². The van der Waals surface area contributed by atoms with E-state index in [0.717, 1.165) is 0 Å². The lowest BCUT2D eigenvalue weighted by Gasteiger charge is -2.46. The fraction of sp³-hybridized carbons (Fsp3) is 1.00. The summed E-state index contributed by atoms with van der Waals surface area (Å²) in [6.07, 6.45) is 3.55. The molecule has 0 aromatic carbocycles. The Morgan fingerprint density at radius 1 is 1.50 bits per heavy atom. The summed E-state index contributed by atoms with van der Waals surface area (Å²) in [4.78, 5) is 0. The lowest BCUT2D eigenvalue weighted by atomic mass is 9.81. The van der Waals surface area contributed by atoms with Crippen molar-refractivity contribution < 1.29 is 0 Å². The van der Waals surface area contributed by atoms with Gasteiger partial charge in [0.15, 0.2) is 0 Å². The average Bonchev–Trinajstić information content (AvgIpc) is 2.30. The van der Waals surface area contributed by atoms with Gasteiger partial charge in [-0.1, -0.05) is 11.9 Å². The molecule has 1 spiro atoms. The molecule has 2 aliphatic rings. The molecule has 2 heterocycles. The predicted molar refractivity (Wildman–Crippen MR) is 45.0 cm³/mol. The minimum absolute atomic E-state index is 0.684. The molecule has 2 rings (SSSR count). The summed E-state index contributed by atoms with van der Waals surface area (Å²) in [6.45, 7) is 5.11. The molecule has 0 aliphatic carbocycles. The van der Waals surface area contributed by atoms with Crippen LogP contribution < -0.4 is 5.32 Å². The van der Waals surface area contributed by atoms with E-state index in [1.165, 1.54) is 32.6 Å². The Morgan fingerprint density at radius 2 is 2.30 bits per heavy atom. The molecule has 2 aliphatic heterocycles. The van der Waals surface area contributed by atoms with Crippen LogP contribution in [-0.2, 0) is 0 Å². The van der Waals surface area contributed by atoms with Gasteiger partial charge in [0, 0.05) is 25.0 Å². The molecular weight excluding hydrogens is 144 g/mol. The molecule has 58 valence electrons. The van der Waals surface area contributed by atoms with E-state index in [9.17, 15) is 0 Å². The first-order chi connectivity index (χ1) is 4.85. The first-order valence-electron chi connectivity index (χ1n) is 3.84. The summed E-state index contributed by atoms with van der Waals surface area (Å²) >= 11 is 1.88. The van der Waals surface area contributed by atoms with Crippen molar-refractivity contribution in [2.75, 3.05) is 32.4 Å². The first kappa shape index (κ1) is 6.95. The zero-order valence-electron chi connectivity index (χ0n) is 6.39. The van der Waals surface area contributed by atoms with Gasteiger partial charge in [0.1, 0.15) is 0 Å². The van der Waals surface area contributed by atoms with Gasteiger partial charge in [0.05, 0.1) is 0 Å². The monoisotopic (exact) mass is 158 g/mol. The zero-order chi connectivity index (χ0) is 7.03. The van der Waals surface area contributed by atoms with Crippen LogP contribution >= 0.6 is 11.9 Å². The van der Waals surface area contributed by atoms with Crippen LogP contribution in [0.3, 0.4) is 0 Å². The molecule has 0 bridgehead atoms. The Hall–Kier alpha value is 0.270. The summed E-state index contributed by atoms with van der Waals surface area (Å²) in [5.41, 5.74) is 0.684. The Bertz CT molecular complexity index is 124. The molecule has 1 N–H and O–H groups in total. The van der Waals surface area contributed by atoms with E-state index in [4.69, 9.17) is 0 Å². The summed E-state index contributed by atoms with van der Waals surface area (Å²) in [7, 11) is 0. The summed E-state index contributed by atoms with van der Waals surface area (Å²) in [5.74, 6) is 0. The Labute approximate surface area is 66.5 Å². The third-order valence-corrected chi connectivity index (χ3v) is 3.39. The zero-order valence-corrected chi connectivity index (χ0v) is 7.21. The molecule has 0 saturated carbocycles. The van der Waals surface area contributed by atoms with Crippen LogP contribution in [-0.4, -0.2) is 36.7 Å². The van der Waals surface area contributed by atoms with Crippen molar-refractivity contribution in [2.45, 2.75) is 6.42 Å². The fourth-order valence-electron chi connectivity index (χ4n) is 1.90.